The molecule has 5 heteroatoms. The Morgan fingerprint density at radius 2 is 2.09 bits per heavy atom. The Bertz CT molecular complexity index is 139. The monoisotopic (exact) mass is 185 g/mol. The summed E-state index contributed by atoms with van der Waals surface area (Å²) in [7, 11) is 0. The fourth-order valence-electron chi connectivity index (χ4n) is 1.20. The van der Waals surface area contributed by atoms with E-state index in [0.717, 1.165) is 11.8 Å². The van der Waals surface area contributed by atoms with Gasteiger partial charge in [-0.25, -0.2) is 0 Å². The molecule has 0 aromatic rings. The van der Waals surface area contributed by atoms with E-state index in [1.54, 1.807) is 0 Å². The van der Waals surface area contributed by atoms with E-state index in [1.165, 1.54) is 0 Å². The van der Waals surface area contributed by atoms with E-state index in [1.807, 2.05) is 0 Å². The van der Waals surface area contributed by atoms with Gasteiger partial charge in [-0.05, 0) is 18.6 Å². The summed E-state index contributed by atoms with van der Waals surface area (Å²) in [6, 6.07) is 0. The van der Waals surface area contributed by atoms with E-state index in [-0.39, 0.29) is 13.0 Å². The highest BCUT2D eigenvalue weighted by atomic mass is 32.2. The van der Waals surface area contributed by atoms with Crippen molar-refractivity contribution in [3.8, 4) is 0 Å². The van der Waals surface area contributed by atoms with E-state index in [0.29, 0.717) is 12.2 Å². The smallest absolute Gasteiger partial charge is 0.329 e. The average Bonchev–Trinajstić information content (AvgIpc) is 2.33. The first kappa shape index (κ1) is 9.19. The molecule has 2 N–H and O–H groups in total. The molecule has 1 fully saturated rings. The number of nitrogens with two attached hydrogens (primary N) is 1. The van der Waals surface area contributed by atoms with Gasteiger partial charge in [0.2, 0.25) is 0 Å². The maximum atomic E-state index is 12.3. The number of thioether (sulfide) groups is 1. The SMILES string of the molecule is NCC1(C(F)(F)F)CCCS1. The second-order valence-corrected chi connectivity index (χ2v) is 4.13. The Morgan fingerprint density at radius 3 is 2.27 bits per heavy atom. The third kappa shape index (κ3) is 1.49. The highest BCUT2D eigenvalue weighted by Gasteiger charge is 2.55. The molecule has 0 aromatic carbocycles. The summed E-state index contributed by atoms with van der Waals surface area (Å²) in [5.74, 6) is 0.580. The number of hydrogen-bond donors (Lipinski definition) is 1. The average molecular weight is 185 g/mol. The Kier molecular flexibility index (Phi) is 2.39. The Morgan fingerprint density at radius 1 is 1.45 bits per heavy atom. The molecule has 0 aromatic heterocycles. The molecule has 1 saturated heterocycles. The maximum absolute atomic E-state index is 12.3. The highest BCUT2D eigenvalue weighted by molar-refractivity contribution is 8.01. The van der Waals surface area contributed by atoms with Gasteiger partial charge in [0.05, 0.1) is 0 Å². The van der Waals surface area contributed by atoms with Crippen molar-refractivity contribution in [1.29, 1.82) is 0 Å². The molecule has 1 aliphatic heterocycles. The van der Waals surface area contributed by atoms with Crippen molar-refractivity contribution in [2.24, 2.45) is 5.73 Å². The van der Waals surface area contributed by atoms with Crippen molar-refractivity contribution < 1.29 is 13.2 Å². The minimum Gasteiger partial charge on any atom is -0.329 e. The zero-order valence-electron chi connectivity index (χ0n) is 5.95. The van der Waals surface area contributed by atoms with Crippen LogP contribution in [0.3, 0.4) is 0 Å². The van der Waals surface area contributed by atoms with Crippen molar-refractivity contribution in [2.75, 3.05) is 12.3 Å². The molecule has 1 heterocycles. The topological polar surface area (TPSA) is 26.0 Å². The summed E-state index contributed by atoms with van der Waals surface area (Å²) in [6.45, 7) is -0.291. The van der Waals surface area contributed by atoms with Gasteiger partial charge in [0.15, 0.2) is 0 Å². The molecule has 1 rings (SSSR count). The minimum absolute atomic E-state index is 0.178. The third-order valence-electron chi connectivity index (χ3n) is 1.95. The fourth-order valence-corrected chi connectivity index (χ4v) is 2.45. The van der Waals surface area contributed by atoms with Gasteiger partial charge in [0, 0.05) is 6.54 Å². The Balaban J connectivity index is 2.75. The van der Waals surface area contributed by atoms with E-state index in [9.17, 15) is 13.2 Å². The zero-order chi connectivity index (χ0) is 8.54. The molecule has 1 aliphatic rings. The summed E-state index contributed by atoms with van der Waals surface area (Å²) >= 11 is 0.947. The van der Waals surface area contributed by atoms with E-state index in [2.05, 4.69) is 0 Å². The number of rotatable bonds is 1. The summed E-state index contributed by atoms with van der Waals surface area (Å²) in [4.78, 5) is 0. The van der Waals surface area contributed by atoms with Gasteiger partial charge in [-0.2, -0.15) is 13.2 Å². The van der Waals surface area contributed by atoms with Crippen LogP contribution in [0.25, 0.3) is 0 Å². The molecule has 0 saturated carbocycles. The van der Waals surface area contributed by atoms with Gasteiger partial charge in [-0.15, -0.1) is 11.8 Å². The largest absolute Gasteiger partial charge is 0.404 e. The van der Waals surface area contributed by atoms with Crippen LogP contribution in [-0.4, -0.2) is 23.2 Å². The van der Waals surface area contributed by atoms with Crippen molar-refractivity contribution >= 4 is 11.8 Å². The number of hydrogen-bond acceptors (Lipinski definition) is 2. The van der Waals surface area contributed by atoms with Gasteiger partial charge in [0.1, 0.15) is 4.75 Å². The van der Waals surface area contributed by atoms with Gasteiger partial charge in [-0.3, -0.25) is 0 Å². The van der Waals surface area contributed by atoms with Crippen LogP contribution in [0.2, 0.25) is 0 Å². The zero-order valence-corrected chi connectivity index (χ0v) is 6.76. The van der Waals surface area contributed by atoms with Crippen LogP contribution in [0.15, 0.2) is 0 Å². The van der Waals surface area contributed by atoms with Gasteiger partial charge >= 0.3 is 6.18 Å². The van der Waals surface area contributed by atoms with E-state index in [4.69, 9.17) is 5.73 Å². The normalized spacial score (nSPS) is 32.7. The molecule has 11 heavy (non-hydrogen) atoms. The molecule has 0 spiro atoms. The summed E-state index contributed by atoms with van der Waals surface area (Å²) in [5, 5.41) is 0. The van der Waals surface area contributed by atoms with Crippen LogP contribution in [0.4, 0.5) is 13.2 Å². The quantitative estimate of drug-likeness (QED) is 0.673. The molecular formula is C6H10F3NS. The first-order chi connectivity index (χ1) is 5.02. The standard InChI is InChI=1S/C6H10F3NS/c7-6(8,9)5(4-10)2-1-3-11-5/h1-4,10H2. The second kappa shape index (κ2) is 2.86. The van der Waals surface area contributed by atoms with Gasteiger partial charge in [0.25, 0.3) is 0 Å². The van der Waals surface area contributed by atoms with E-state index < -0.39 is 10.9 Å². The highest BCUT2D eigenvalue weighted by Crippen LogP contribution is 2.48. The summed E-state index contributed by atoms with van der Waals surface area (Å²) in [5.41, 5.74) is 5.11. The Labute approximate surface area is 67.5 Å². The van der Waals surface area contributed by atoms with Gasteiger partial charge in [-0.1, -0.05) is 0 Å². The molecule has 0 aliphatic carbocycles. The first-order valence-electron chi connectivity index (χ1n) is 3.43. The van der Waals surface area contributed by atoms with Crippen molar-refractivity contribution in [3.05, 3.63) is 0 Å². The van der Waals surface area contributed by atoms with Crippen LogP contribution in [0, 0.1) is 0 Å². The summed E-state index contributed by atoms with van der Waals surface area (Å²) in [6.07, 6.45) is -3.33. The molecule has 66 valence electrons. The summed E-state index contributed by atoms with van der Waals surface area (Å²) < 4.78 is 35.3. The second-order valence-electron chi connectivity index (χ2n) is 2.65. The van der Waals surface area contributed by atoms with Crippen LogP contribution in [0.5, 0.6) is 0 Å². The molecule has 1 atom stereocenters. The molecule has 1 unspecified atom stereocenters. The van der Waals surface area contributed by atoms with Gasteiger partial charge < -0.3 is 5.73 Å². The lowest BCUT2D eigenvalue weighted by Gasteiger charge is -2.28. The van der Waals surface area contributed by atoms with Crippen molar-refractivity contribution in [2.45, 2.75) is 23.8 Å². The lowest BCUT2D eigenvalue weighted by atomic mass is 10.0. The first-order valence-corrected chi connectivity index (χ1v) is 4.41. The van der Waals surface area contributed by atoms with E-state index >= 15 is 0 Å². The van der Waals surface area contributed by atoms with Crippen molar-refractivity contribution in [1.82, 2.24) is 0 Å². The van der Waals surface area contributed by atoms with Crippen molar-refractivity contribution in [3.63, 3.8) is 0 Å². The molecule has 0 bridgehead atoms. The van der Waals surface area contributed by atoms with Crippen LogP contribution < -0.4 is 5.73 Å². The molecule has 1 nitrogen and oxygen atoms in total. The lowest BCUT2D eigenvalue weighted by Crippen LogP contribution is -2.46. The fraction of sp³-hybridized carbons (Fsp3) is 1.00. The predicted molar refractivity (Wildman–Crippen MR) is 39.5 cm³/mol. The number of halogens is 3. The molecule has 0 radical (unpaired) electrons. The third-order valence-corrected chi connectivity index (χ3v) is 3.60. The maximum Gasteiger partial charge on any atom is 0.404 e. The lowest BCUT2D eigenvalue weighted by molar-refractivity contribution is -0.157. The van der Waals surface area contributed by atoms with Crippen LogP contribution >= 0.6 is 11.8 Å². The molecule has 0 amide bonds. The van der Waals surface area contributed by atoms with Crippen LogP contribution in [0.1, 0.15) is 12.8 Å². The minimum atomic E-state index is -4.14. The Hall–Kier alpha value is 0.100. The number of alkyl halides is 3. The predicted octanol–water partition coefficient (Wildman–Crippen LogP) is 1.77. The van der Waals surface area contributed by atoms with Crippen LogP contribution in [-0.2, 0) is 0 Å². The molecular weight excluding hydrogens is 175 g/mol.